The molecule has 1 aliphatic carbocycles. The number of aromatic nitrogens is 2. The molecule has 144 valence electrons. The van der Waals surface area contributed by atoms with Crippen molar-refractivity contribution in [2.45, 2.75) is 57.8 Å². The van der Waals surface area contributed by atoms with E-state index in [0.29, 0.717) is 12.2 Å². The van der Waals surface area contributed by atoms with Crippen molar-refractivity contribution in [3.8, 4) is 0 Å². The van der Waals surface area contributed by atoms with Gasteiger partial charge in [-0.3, -0.25) is 14.3 Å². The highest BCUT2D eigenvalue weighted by Gasteiger charge is 2.31. The van der Waals surface area contributed by atoms with E-state index in [0.717, 1.165) is 30.6 Å². The number of carbonyl (C=O) groups excluding carboxylic acids is 2. The average Bonchev–Trinajstić information content (AvgIpc) is 3.37. The number of β-amino-alcohol motifs (C(OH)–C–C–N with tert-alkyl or cyclic N) is 1. The van der Waals surface area contributed by atoms with Crippen molar-refractivity contribution >= 4 is 23.2 Å². The molecule has 2 aromatic heterocycles. The Morgan fingerprint density at radius 1 is 1.41 bits per heavy atom. The molecule has 4 rings (SSSR count). The third kappa shape index (κ3) is 3.77. The maximum absolute atomic E-state index is 13.3. The Balaban J connectivity index is 1.62. The van der Waals surface area contributed by atoms with Crippen molar-refractivity contribution in [2.24, 2.45) is 0 Å². The molecule has 2 amide bonds. The van der Waals surface area contributed by atoms with E-state index in [1.807, 2.05) is 4.90 Å². The quantitative estimate of drug-likeness (QED) is 0.838. The van der Waals surface area contributed by atoms with Gasteiger partial charge in [0.15, 0.2) is 5.69 Å². The van der Waals surface area contributed by atoms with Gasteiger partial charge in [0.1, 0.15) is 5.69 Å². The van der Waals surface area contributed by atoms with Crippen LogP contribution < -0.4 is 5.32 Å². The van der Waals surface area contributed by atoms with E-state index in [4.69, 9.17) is 0 Å². The standard InChI is InChI=1S/C19H24N4O3S/c1-12-6-7-15(27-12)11-22(13-4-2-3-5-13)19(26)16-8-17-18(25)20-9-14(24)10-23(17)21-16/h6-8,13-14,24H,2-5,9-11H2,1H3,(H,20,25)/t14-/m1/s1. The summed E-state index contributed by atoms with van der Waals surface area (Å²) < 4.78 is 1.45. The second-order valence-corrected chi connectivity index (χ2v) is 8.72. The Kier molecular flexibility index (Phi) is 5.01. The molecule has 1 fully saturated rings. The Morgan fingerprint density at radius 2 is 2.19 bits per heavy atom. The minimum Gasteiger partial charge on any atom is -0.389 e. The van der Waals surface area contributed by atoms with Gasteiger partial charge in [0.05, 0.1) is 19.2 Å². The number of nitrogens with zero attached hydrogens (tertiary/aromatic N) is 3. The summed E-state index contributed by atoms with van der Waals surface area (Å²) in [4.78, 5) is 29.8. The van der Waals surface area contributed by atoms with Crippen LogP contribution in [0.1, 0.15) is 56.4 Å². The molecule has 1 aliphatic heterocycles. The van der Waals surface area contributed by atoms with Crippen LogP contribution in [0.3, 0.4) is 0 Å². The maximum Gasteiger partial charge on any atom is 0.274 e. The summed E-state index contributed by atoms with van der Waals surface area (Å²) in [5.74, 6) is -0.449. The molecule has 0 unspecified atom stereocenters. The lowest BCUT2D eigenvalue weighted by Gasteiger charge is -2.28. The fourth-order valence-electron chi connectivity index (χ4n) is 3.88. The first kappa shape index (κ1) is 18.2. The van der Waals surface area contributed by atoms with Gasteiger partial charge in [0.25, 0.3) is 11.8 Å². The zero-order chi connectivity index (χ0) is 19.0. The van der Waals surface area contributed by atoms with Crippen LogP contribution >= 0.6 is 11.3 Å². The van der Waals surface area contributed by atoms with Gasteiger partial charge >= 0.3 is 0 Å². The summed E-state index contributed by atoms with van der Waals surface area (Å²) in [7, 11) is 0. The molecule has 27 heavy (non-hydrogen) atoms. The van der Waals surface area contributed by atoms with E-state index >= 15 is 0 Å². The number of hydrogen-bond donors (Lipinski definition) is 2. The fourth-order valence-corrected chi connectivity index (χ4v) is 4.77. The first-order valence-electron chi connectivity index (χ1n) is 9.41. The molecule has 1 saturated carbocycles. The van der Waals surface area contributed by atoms with E-state index in [1.54, 1.807) is 17.4 Å². The highest BCUT2D eigenvalue weighted by atomic mass is 32.1. The van der Waals surface area contributed by atoms with Crippen LogP contribution in [0, 0.1) is 6.92 Å². The smallest absolute Gasteiger partial charge is 0.274 e. The second-order valence-electron chi connectivity index (χ2n) is 7.34. The van der Waals surface area contributed by atoms with E-state index < -0.39 is 6.10 Å². The number of aliphatic hydroxyl groups excluding tert-OH is 1. The number of rotatable bonds is 4. The van der Waals surface area contributed by atoms with E-state index in [9.17, 15) is 14.7 Å². The third-order valence-electron chi connectivity index (χ3n) is 5.26. The summed E-state index contributed by atoms with van der Waals surface area (Å²) in [5, 5.41) is 16.9. The molecule has 3 heterocycles. The minimum absolute atomic E-state index is 0.143. The molecular weight excluding hydrogens is 364 g/mol. The molecule has 2 aliphatic rings. The molecule has 0 bridgehead atoms. The number of aliphatic hydroxyl groups is 1. The fraction of sp³-hybridized carbons (Fsp3) is 0.526. The van der Waals surface area contributed by atoms with Crippen LogP contribution in [0.25, 0.3) is 0 Å². The van der Waals surface area contributed by atoms with Crippen LogP contribution in [-0.2, 0) is 13.1 Å². The zero-order valence-electron chi connectivity index (χ0n) is 15.4. The molecule has 7 nitrogen and oxygen atoms in total. The summed E-state index contributed by atoms with van der Waals surface area (Å²) in [6.45, 7) is 3.03. The number of aryl methyl sites for hydroxylation is 1. The number of carbonyl (C=O) groups is 2. The van der Waals surface area contributed by atoms with Gasteiger partial charge in [-0.15, -0.1) is 11.3 Å². The van der Waals surface area contributed by atoms with Crippen molar-refractivity contribution < 1.29 is 14.7 Å². The van der Waals surface area contributed by atoms with Crippen LogP contribution in [0.15, 0.2) is 18.2 Å². The normalized spacial score (nSPS) is 20.2. The molecule has 0 saturated heterocycles. The summed E-state index contributed by atoms with van der Waals surface area (Å²) in [6.07, 6.45) is 3.56. The van der Waals surface area contributed by atoms with Crippen molar-refractivity contribution in [1.82, 2.24) is 20.0 Å². The molecule has 8 heteroatoms. The first-order valence-corrected chi connectivity index (χ1v) is 10.2. The highest BCUT2D eigenvalue weighted by Crippen LogP contribution is 2.28. The van der Waals surface area contributed by atoms with Crippen molar-refractivity contribution in [1.29, 1.82) is 0 Å². The average molecular weight is 388 g/mol. The molecule has 0 aromatic carbocycles. The van der Waals surface area contributed by atoms with Crippen LogP contribution in [0.2, 0.25) is 0 Å². The molecule has 2 aromatic rings. The van der Waals surface area contributed by atoms with Gasteiger partial charge in [-0.2, -0.15) is 5.10 Å². The first-order chi connectivity index (χ1) is 13.0. The summed E-state index contributed by atoms with van der Waals surface area (Å²) >= 11 is 1.70. The van der Waals surface area contributed by atoms with E-state index in [1.165, 1.54) is 9.56 Å². The van der Waals surface area contributed by atoms with Gasteiger partial charge < -0.3 is 15.3 Å². The molecule has 1 atom stereocenters. The molecule has 0 spiro atoms. The SMILES string of the molecule is Cc1ccc(CN(C(=O)c2cc3n(n2)C[C@H](O)CNC3=O)C2CCCC2)s1. The third-order valence-corrected chi connectivity index (χ3v) is 6.25. The lowest BCUT2D eigenvalue weighted by molar-refractivity contribution is 0.0658. The zero-order valence-corrected chi connectivity index (χ0v) is 16.2. The Hall–Kier alpha value is -2.19. The van der Waals surface area contributed by atoms with Gasteiger partial charge in [-0.25, -0.2) is 0 Å². The lowest BCUT2D eigenvalue weighted by atomic mass is 10.2. The summed E-state index contributed by atoms with van der Waals surface area (Å²) in [6, 6.07) is 5.90. The Morgan fingerprint density at radius 3 is 2.89 bits per heavy atom. The van der Waals surface area contributed by atoms with Crippen LogP contribution in [0.4, 0.5) is 0 Å². The lowest BCUT2D eigenvalue weighted by Crippen LogP contribution is -2.38. The minimum atomic E-state index is -0.710. The van der Waals surface area contributed by atoms with Gasteiger partial charge in [0, 0.05) is 28.4 Å². The van der Waals surface area contributed by atoms with Crippen LogP contribution in [0.5, 0.6) is 0 Å². The predicted octanol–water partition coefficient (Wildman–Crippen LogP) is 1.94. The highest BCUT2D eigenvalue weighted by molar-refractivity contribution is 7.11. The molecule has 2 N–H and O–H groups in total. The van der Waals surface area contributed by atoms with Crippen molar-refractivity contribution in [2.75, 3.05) is 6.54 Å². The number of hydrogen-bond acceptors (Lipinski definition) is 5. The van der Waals surface area contributed by atoms with Crippen molar-refractivity contribution in [3.05, 3.63) is 39.3 Å². The largest absolute Gasteiger partial charge is 0.389 e. The van der Waals surface area contributed by atoms with Gasteiger partial charge in [0.2, 0.25) is 0 Å². The second kappa shape index (κ2) is 7.44. The Bertz CT molecular complexity index is 853. The number of nitrogens with one attached hydrogen (secondary N) is 1. The monoisotopic (exact) mass is 388 g/mol. The Labute approximate surface area is 162 Å². The van der Waals surface area contributed by atoms with E-state index in [2.05, 4.69) is 29.5 Å². The predicted molar refractivity (Wildman–Crippen MR) is 102 cm³/mol. The number of thiophene rings is 1. The van der Waals surface area contributed by atoms with Gasteiger partial charge in [-0.05, 0) is 31.9 Å². The maximum atomic E-state index is 13.3. The van der Waals surface area contributed by atoms with Crippen molar-refractivity contribution in [3.63, 3.8) is 0 Å². The topological polar surface area (TPSA) is 87.5 Å². The number of fused-ring (bicyclic) bond motifs is 1. The summed E-state index contributed by atoms with van der Waals surface area (Å²) in [5.41, 5.74) is 0.600. The molecule has 0 radical (unpaired) electrons. The van der Waals surface area contributed by atoms with Crippen LogP contribution in [-0.4, -0.2) is 50.3 Å². The molecular formula is C19H24N4O3S. The number of amides is 2. The van der Waals surface area contributed by atoms with Gasteiger partial charge in [-0.1, -0.05) is 12.8 Å². The van der Waals surface area contributed by atoms with E-state index in [-0.39, 0.29) is 36.6 Å².